The summed E-state index contributed by atoms with van der Waals surface area (Å²) in [7, 11) is 0. The van der Waals surface area contributed by atoms with Crippen molar-refractivity contribution < 1.29 is 13.2 Å². The molecular weight excluding hydrogens is 243 g/mol. The first-order valence-corrected chi connectivity index (χ1v) is 6.36. The van der Waals surface area contributed by atoms with Gasteiger partial charge in [-0.2, -0.15) is 18.3 Å². The minimum Gasteiger partial charge on any atom is -0.314 e. The maximum Gasteiger partial charge on any atom is 0.435 e. The van der Waals surface area contributed by atoms with Crippen LogP contribution in [0.5, 0.6) is 0 Å². The molecule has 1 N–H and O–H groups in total. The summed E-state index contributed by atoms with van der Waals surface area (Å²) in [5.74, 6) is 0. The fourth-order valence-corrected chi connectivity index (χ4v) is 2.57. The van der Waals surface area contributed by atoms with E-state index >= 15 is 0 Å². The first-order valence-electron chi connectivity index (χ1n) is 6.36. The van der Waals surface area contributed by atoms with E-state index in [0.29, 0.717) is 6.04 Å². The Labute approximate surface area is 104 Å². The molecule has 0 aliphatic heterocycles. The lowest BCUT2D eigenvalue weighted by Gasteiger charge is -2.29. The van der Waals surface area contributed by atoms with Gasteiger partial charge in [0.1, 0.15) is 0 Å². The van der Waals surface area contributed by atoms with E-state index in [1.807, 2.05) is 6.92 Å². The maximum atomic E-state index is 12.5. The van der Waals surface area contributed by atoms with Gasteiger partial charge < -0.3 is 5.32 Å². The quantitative estimate of drug-likeness (QED) is 0.906. The first-order chi connectivity index (χ1) is 8.50. The molecule has 1 aromatic heterocycles. The fraction of sp³-hybridized carbons (Fsp3) is 0.750. The maximum absolute atomic E-state index is 12.5. The highest BCUT2D eigenvalue weighted by molar-refractivity contribution is 5.04. The smallest absolute Gasteiger partial charge is 0.314 e. The van der Waals surface area contributed by atoms with E-state index in [4.69, 9.17) is 0 Å². The van der Waals surface area contributed by atoms with Gasteiger partial charge >= 0.3 is 6.18 Å². The number of nitrogens with one attached hydrogen (secondary N) is 1. The summed E-state index contributed by atoms with van der Waals surface area (Å²) in [6.45, 7) is 2.93. The van der Waals surface area contributed by atoms with Crippen LogP contribution in [0.4, 0.5) is 13.2 Å². The van der Waals surface area contributed by atoms with E-state index in [-0.39, 0.29) is 6.04 Å². The number of hydrogen-bond acceptors (Lipinski definition) is 2. The number of alkyl halides is 3. The average Bonchev–Trinajstić information content (AvgIpc) is 2.78. The van der Waals surface area contributed by atoms with E-state index in [9.17, 15) is 13.2 Å². The van der Waals surface area contributed by atoms with Crippen LogP contribution in [0.15, 0.2) is 12.3 Å². The molecule has 0 spiro atoms. The minimum absolute atomic E-state index is 0.0823. The molecule has 2 unspecified atom stereocenters. The standard InChI is InChI=1S/C12H18F3N3/c1-2-16-9-4-3-5-10(8-9)18-7-6-11(17-18)12(13,14)15/h6-7,9-10,16H,2-5,8H2,1H3. The predicted octanol–water partition coefficient (Wildman–Crippen LogP) is 3.00. The van der Waals surface area contributed by atoms with Crippen LogP contribution in [-0.4, -0.2) is 22.4 Å². The van der Waals surface area contributed by atoms with Crippen molar-refractivity contribution >= 4 is 0 Å². The van der Waals surface area contributed by atoms with Crippen molar-refractivity contribution in [3.63, 3.8) is 0 Å². The number of halogens is 3. The number of aromatic nitrogens is 2. The molecular formula is C12H18F3N3. The Morgan fingerprint density at radius 3 is 2.83 bits per heavy atom. The second kappa shape index (κ2) is 5.30. The molecule has 102 valence electrons. The largest absolute Gasteiger partial charge is 0.435 e. The first kappa shape index (κ1) is 13.4. The van der Waals surface area contributed by atoms with Gasteiger partial charge in [-0.1, -0.05) is 6.92 Å². The van der Waals surface area contributed by atoms with Gasteiger partial charge in [-0.05, 0) is 38.3 Å². The highest BCUT2D eigenvalue weighted by Crippen LogP contribution is 2.31. The third kappa shape index (κ3) is 3.04. The van der Waals surface area contributed by atoms with E-state index in [1.54, 1.807) is 0 Å². The van der Waals surface area contributed by atoms with Gasteiger partial charge in [-0.3, -0.25) is 4.68 Å². The fourth-order valence-electron chi connectivity index (χ4n) is 2.57. The van der Waals surface area contributed by atoms with Crippen molar-refractivity contribution in [1.29, 1.82) is 0 Å². The zero-order chi connectivity index (χ0) is 13.2. The summed E-state index contributed by atoms with van der Waals surface area (Å²) in [6.07, 6.45) is 0.984. The molecule has 0 radical (unpaired) electrons. The third-order valence-electron chi connectivity index (χ3n) is 3.41. The van der Waals surface area contributed by atoms with Crippen molar-refractivity contribution in [2.45, 2.75) is 50.9 Å². The van der Waals surface area contributed by atoms with Crippen LogP contribution < -0.4 is 5.32 Å². The molecule has 0 saturated heterocycles. The molecule has 3 nitrogen and oxygen atoms in total. The van der Waals surface area contributed by atoms with Crippen molar-refractivity contribution in [3.8, 4) is 0 Å². The molecule has 2 rings (SSSR count). The molecule has 1 fully saturated rings. The van der Waals surface area contributed by atoms with Crippen molar-refractivity contribution in [2.24, 2.45) is 0 Å². The Hall–Kier alpha value is -1.04. The van der Waals surface area contributed by atoms with E-state index < -0.39 is 11.9 Å². The molecule has 1 aromatic rings. The summed E-state index contributed by atoms with van der Waals surface area (Å²) < 4.78 is 38.9. The number of nitrogens with zero attached hydrogens (tertiary/aromatic N) is 2. The molecule has 1 aliphatic carbocycles. The lowest BCUT2D eigenvalue weighted by atomic mass is 9.91. The van der Waals surface area contributed by atoms with Crippen LogP contribution in [0.1, 0.15) is 44.3 Å². The van der Waals surface area contributed by atoms with Gasteiger partial charge in [-0.25, -0.2) is 0 Å². The molecule has 1 heterocycles. The zero-order valence-electron chi connectivity index (χ0n) is 10.4. The van der Waals surface area contributed by atoms with Crippen LogP contribution in [-0.2, 0) is 6.18 Å². The summed E-state index contributed by atoms with van der Waals surface area (Å²) in [4.78, 5) is 0. The normalized spacial score (nSPS) is 25.3. The van der Waals surface area contributed by atoms with Crippen molar-refractivity contribution in [2.75, 3.05) is 6.54 Å². The molecule has 2 atom stereocenters. The molecule has 0 amide bonds. The molecule has 1 aliphatic rings. The van der Waals surface area contributed by atoms with Crippen molar-refractivity contribution in [3.05, 3.63) is 18.0 Å². The van der Waals surface area contributed by atoms with Crippen LogP contribution in [0.2, 0.25) is 0 Å². The number of rotatable bonds is 3. The Kier molecular flexibility index (Phi) is 3.94. The Morgan fingerprint density at radius 1 is 1.44 bits per heavy atom. The lowest BCUT2D eigenvalue weighted by molar-refractivity contribution is -0.141. The predicted molar refractivity (Wildman–Crippen MR) is 62.2 cm³/mol. The molecule has 6 heteroatoms. The topological polar surface area (TPSA) is 29.9 Å². The van der Waals surface area contributed by atoms with E-state index in [1.165, 1.54) is 10.9 Å². The second-order valence-electron chi connectivity index (χ2n) is 4.75. The van der Waals surface area contributed by atoms with Crippen LogP contribution in [0.3, 0.4) is 0 Å². The van der Waals surface area contributed by atoms with Gasteiger partial charge in [0, 0.05) is 12.2 Å². The van der Waals surface area contributed by atoms with E-state index in [2.05, 4.69) is 10.4 Å². The summed E-state index contributed by atoms with van der Waals surface area (Å²) in [5, 5.41) is 7.02. The van der Waals surface area contributed by atoms with Gasteiger partial charge in [0.2, 0.25) is 0 Å². The third-order valence-corrected chi connectivity index (χ3v) is 3.41. The molecule has 18 heavy (non-hydrogen) atoms. The van der Waals surface area contributed by atoms with Crippen LogP contribution >= 0.6 is 0 Å². The summed E-state index contributed by atoms with van der Waals surface area (Å²) >= 11 is 0. The van der Waals surface area contributed by atoms with E-state index in [0.717, 1.165) is 38.3 Å². The monoisotopic (exact) mass is 261 g/mol. The summed E-state index contributed by atoms with van der Waals surface area (Å²) in [6, 6.07) is 1.53. The minimum atomic E-state index is -4.35. The summed E-state index contributed by atoms with van der Waals surface area (Å²) in [5.41, 5.74) is -0.798. The Morgan fingerprint density at radius 2 is 2.22 bits per heavy atom. The average molecular weight is 261 g/mol. The lowest BCUT2D eigenvalue weighted by Crippen LogP contribution is -2.35. The Balaban J connectivity index is 2.05. The molecule has 0 aromatic carbocycles. The van der Waals surface area contributed by atoms with Gasteiger partial charge in [-0.15, -0.1) is 0 Å². The van der Waals surface area contributed by atoms with Gasteiger partial charge in [0.25, 0.3) is 0 Å². The Bertz CT molecular complexity index is 384. The zero-order valence-corrected chi connectivity index (χ0v) is 10.4. The molecule has 0 bridgehead atoms. The number of hydrogen-bond donors (Lipinski definition) is 1. The van der Waals surface area contributed by atoms with Crippen LogP contribution in [0.25, 0.3) is 0 Å². The van der Waals surface area contributed by atoms with Gasteiger partial charge in [0.15, 0.2) is 5.69 Å². The highest BCUT2D eigenvalue weighted by atomic mass is 19.4. The SMILES string of the molecule is CCNC1CCCC(n2ccc(C(F)(F)F)n2)C1. The second-order valence-corrected chi connectivity index (χ2v) is 4.75. The van der Waals surface area contributed by atoms with Crippen molar-refractivity contribution in [1.82, 2.24) is 15.1 Å². The molecule has 1 saturated carbocycles. The van der Waals surface area contributed by atoms with Crippen LogP contribution in [0, 0.1) is 0 Å². The van der Waals surface area contributed by atoms with Gasteiger partial charge in [0.05, 0.1) is 6.04 Å². The highest BCUT2D eigenvalue weighted by Gasteiger charge is 2.34.